The van der Waals surface area contributed by atoms with Gasteiger partial charge in [-0.3, -0.25) is 9.59 Å². The fourth-order valence-corrected chi connectivity index (χ4v) is 9.03. The molecule has 0 unspecified atom stereocenters. The molecule has 0 N–H and O–H groups in total. The first-order chi connectivity index (χ1) is 21.8. The molecular weight excluding hydrogens is 588 g/mol. The van der Waals surface area contributed by atoms with Crippen molar-refractivity contribution in [3.05, 3.63) is 41.3 Å². The van der Waals surface area contributed by atoms with Crippen molar-refractivity contribution in [1.82, 2.24) is 24.3 Å². The predicted octanol–water partition coefficient (Wildman–Crippen LogP) is 5.35. The molecule has 236 valence electrons. The average molecular weight is 629 g/mol. The van der Waals surface area contributed by atoms with Gasteiger partial charge in [-0.25, -0.2) is 9.97 Å². The van der Waals surface area contributed by atoms with Crippen LogP contribution in [0, 0.1) is 5.41 Å². The highest BCUT2D eigenvalue weighted by molar-refractivity contribution is 6.34. The van der Waals surface area contributed by atoms with E-state index >= 15 is 0 Å². The Labute approximate surface area is 268 Å². The lowest BCUT2D eigenvalue weighted by molar-refractivity contribution is -0.170. The minimum atomic E-state index is -0.601. The molecular formula is C35H41ClN6O3. The normalized spacial score (nSPS) is 27.5. The maximum Gasteiger partial charge on any atom is 0.238 e. The van der Waals surface area contributed by atoms with E-state index in [2.05, 4.69) is 37.5 Å². The van der Waals surface area contributed by atoms with Crippen LogP contribution >= 0.6 is 11.6 Å². The summed E-state index contributed by atoms with van der Waals surface area (Å²) in [5.74, 6) is 0.374. The number of rotatable bonds is 5. The van der Waals surface area contributed by atoms with Crippen LogP contribution in [0.1, 0.15) is 76.3 Å². The summed E-state index contributed by atoms with van der Waals surface area (Å²) in [6.07, 6.45) is 11.4. The van der Waals surface area contributed by atoms with Crippen molar-refractivity contribution < 1.29 is 14.3 Å². The number of carbonyl (C=O) groups excluding carboxylic acids is 2. The van der Waals surface area contributed by atoms with Crippen LogP contribution in [0.2, 0.25) is 5.15 Å². The van der Waals surface area contributed by atoms with E-state index in [9.17, 15) is 9.59 Å². The number of pyridine rings is 1. The second-order valence-electron chi connectivity index (χ2n) is 14.8. The number of ether oxygens (including phenoxy) is 1. The summed E-state index contributed by atoms with van der Waals surface area (Å²) >= 11 is 6.79. The standard InChI is InChI=1S/C35H41ClN6O3/c1-34(19-45-20-34)32(43)40-13-9-35(10-14-40)26-8-5-22(27-18-28-30(31(36)38-27)41(21-37-28)23-6-7-23)15-29(26)42(33(35)44)25-16-24(17-25)39-11-3-2-4-12-39/h5,8,15,18,21,23-25H,2-4,6-7,9-14,16-17,19-20H2,1H3. The zero-order valence-corrected chi connectivity index (χ0v) is 26.8. The Balaban J connectivity index is 1.05. The maximum atomic E-state index is 14.7. The minimum Gasteiger partial charge on any atom is -0.379 e. The quantitative estimate of drug-likeness (QED) is 0.355. The van der Waals surface area contributed by atoms with Gasteiger partial charge in [-0.05, 0) is 89.1 Å². The van der Waals surface area contributed by atoms with Crippen molar-refractivity contribution in [1.29, 1.82) is 0 Å². The van der Waals surface area contributed by atoms with Gasteiger partial charge in [0.15, 0.2) is 5.15 Å². The lowest BCUT2D eigenvalue weighted by Gasteiger charge is -2.48. The van der Waals surface area contributed by atoms with E-state index in [0.717, 1.165) is 59.2 Å². The molecule has 1 spiro atoms. The average Bonchev–Trinajstić information content (AvgIpc) is 3.74. The van der Waals surface area contributed by atoms with E-state index in [-0.39, 0.29) is 17.9 Å². The van der Waals surface area contributed by atoms with Crippen LogP contribution in [-0.2, 0) is 19.7 Å². The number of carbonyl (C=O) groups is 2. The monoisotopic (exact) mass is 628 g/mol. The topological polar surface area (TPSA) is 83.8 Å². The number of hydrogen-bond donors (Lipinski definition) is 0. The third kappa shape index (κ3) is 4.33. The van der Waals surface area contributed by atoms with Crippen LogP contribution in [-0.4, -0.2) is 87.6 Å². The van der Waals surface area contributed by atoms with Gasteiger partial charge in [0, 0.05) is 42.5 Å². The van der Waals surface area contributed by atoms with Crippen molar-refractivity contribution in [3.63, 3.8) is 0 Å². The van der Waals surface area contributed by atoms with Crippen molar-refractivity contribution in [2.45, 2.75) is 88.3 Å². The first-order valence-electron chi connectivity index (χ1n) is 17.0. The number of anilines is 1. The molecule has 1 aromatic carbocycles. The molecule has 6 heterocycles. The molecule has 10 heteroatoms. The molecule has 45 heavy (non-hydrogen) atoms. The highest BCUT2D eigenvalue weighted by atomic mass is 35.5. The molecule has 2 amide bonds. The summed E-state index contributed by atoms with van der Waals surface area (Å²) < 4.78 is 7.54. The zero-order chi connectivity index (χ0) is 30.5. The summed E-state index contributed by atoms with van der Waals surface area (Å²) in [4.78, 5) is 44.3. The van der Waals surface area contributed by atoms with Gasteiger partial charge < -0.3 is 24.0 Å². The smallest absolute Gasteiger partial charge is 0.238 e. The summed E-state index contributed by atoms with van der Waals surface area (Å²) in [7, 11) is 0. The van der Waals surface area contributed by atoms with Gasteiger partial charge in [0.25, 0.3) is 0 Å². The number of piperidine rings is 2. The second-order valence-corrected chi connectivity index (χ2v) is 15.1. The van der Waals surface area contributed by atoms with Gasteiger partial charge in [-0.2, -0.15) is 0 Å². The Morgan fingerprint density at radius 1 is 0.978 bits per heavy atom. The Hall–Kier alpha value is -3.01. The molecule has 2 saturated carbocycles. The van der Waals surface area contributed by atoms with E-state index in [1.165, 1.54) is 32.4 Å². The lowest BCUT2D eigenvalue weighted by atomic mass is 9.72. The summed E-state index contributed by atoms with van der Waals surface area (Å²) in [6, 6.07) is 9.67. The molecule has 2 aliphatic carbocycles. The molecule has 0 bridgehead atoms. The fraction of sp³-hybridized carbons (Fsp3) is 0.600. The molecule has 9 rings (SSSR count). The molecule has 9 nitrogen and oxygen atoms in total. The van der Waals surface area contributed by atoms with Crippen LogP contribution in [0.5, 0.6) is 0 Å². The number of nitrogens with zero attached hydrogens (tertiary/aromatic N) is 6. The number of benzene rings is 1. The highest BCUT2D eigenvalue weighted by Gasteiger charge is 2.56. The van der Waals surface area contributed by atoms with Gasteiger partial charge in [-0.1, -0.05) is 30.2 Å². The van der Waals surface area contributed by atoms with Crippen molar-refractivity contribution >= 4 is 40.1 Å². The third-order valence-electron chi connectivity index (χ3n) is 11.8. The minimum absolute atomic E-state index is 0.160. The van der Waals surface area contributed by atoms with Crippen LogP contribution in [0.15, 0.2) is 30.6 Å². The van der Waals surface area contributed by atoms with Gasteiger partial charge in [0.2, 0.25) is 11.8 Å². The van der Waals surface area contributed by atoms with Crippen LogP contribution < -0.4 is 4.90 Å². The van der Waals surface area contributed by atoms with Crippen LogP contribution in [0.3, 0.4) is 0 Å². The molecule has 2 aromatic heterocycles. The number of imidazole rings is 1. The van der Waals surface area contributed by atoms with Gasteiger partial charge >= 0.3 is 0 Å². The second kappa shape index (κ2) is 10.2. The number of amides is 2. The van der Waals surface area contributed by atoms with E-state index < -0.39 is 10.8 Å². The Morgan fingerprint density at radius 3 is 2.42 bits per heavy atom. The van der Waals surface area contributed by atoms with Crippen molar-refractivity contribution in [3.8, 4) is 11.3 Å². The Bertz CT molecular complexity index is 1690. The maximum absolute atomic E-state index is 14.7. The van der Waals surface area contributed by atoms with E-state index in [0.29, 0.717) is 56.4 Å². The van der Waals surface area contributed by atoms with E-state index in [1.54, 1.807) is 0 Å². The SMILES string of the molecule is CC1(C(=O)N2CCC3(CC2)C(=O)N(C2CC(N4CCCCC4)C2)c2cc(-c4cc5ncn(C6CC6)c5c(Cl)n4)ccc23)COC1. The first-order valence-corrected chi connectivity index (χ1v) is 17.4. The lowest BCUT2D eigenvalue weighted by Crippen LogP contribution is -2.59. The zero-order valence-electron chi connectivity index (χ0n) is 26.0. The molecule has 5 fully saturated rings. The molecule has 3 aromatic rings. The van der Waals surface area contributed by atoms with Gasteiger partial charge in [0.05, 0.1) is 41.6 Å². The molecule has 0 radical (unpaired) electrons. The number of aromatic nitrogens is 3. The third-order valence-corrected chi connectivity index (χ3v) is 12.0. The number of hydrogen-bond acceptors (Lipinski definition) is 6. The fourth-order valence-electron chi connectivity index (χ4n) is 8.74. The number of likely N-dealkylation sites (tertiary alicyclic amines) is 2. The first kappa shape index (κ1) is 28.2. The molecule has 3 saturated heterocycles. The van der Waals surface area contributed by atoms with Crippen molar-refractivity contribution in [2.24, 2.45) is 5.41 Å². The van der Waals surface area contributed by atoms with Gasteiger partial charge in [-0.15, -0.1) is 0 Å². The summed E-state index contributed by atoms with van der Waals surface area (Å²) in [5, 5.41) is 0.475. The highest BCUT2D eigenvalue weighted by Crippen LogP contribution is 2.52. The molecule has 0 atom stereocenters. The van der Waals surface area contributed by atoms with E-state index in [4.69, 9.17) is 21.3 Å². The Kier molecular flexibility index (Phi) is 6.43. The molecule has 4 aliphatic heterocycles. The van der Waals surface area contributed by atoms with Crippen molar-refractivity contribution in [2.75, 3.05) is 44.3 Å². The predicted molar refractivity (Wildman–Crippen MR) is 172 cm³/mol. The summed E-state index contributed by atoms with van der Waals surface area (Å²) in [5.41, 5.74) is 4.58. The molecule has 6 aliphatic rings. The summed E-state index contributed by atoms with van der Waals surface area (Å²) in [6.45, 7) is 6.49. The van der Waals surface area contributed by atoms with Gasteiger partial charge in [0.1, 0.15) is 5.52 Å². The largest absolute Gasteiger partial charge is 0.379 e. The van der Waals surface area contributed by atoms with E-state index in [1.807, 2.05) is 24.2 Å². The number of halogens is 1. The van der Waals surface area contributed by atoms with Crippen LogP contribution in [0.25, 0.3) is 22.3 Å². The Morgan fingerprint density at radius 2 is 1.73 bits per heavy atom. The van der Waals surface area contributed by atoms with Crippen LogP contribution in [0.4, 0.5) is 5.69 Å². The number of fused-ring (bicyclic) bond motifs is 3.